The first-order valence-corrected chi connectivity index (χ1v) is 6.16. The van der Waals surface area contributed by atoms with Gasteiger partial charge in [0.05, 0.1) is 5.56 Å². The van der Waals surface area contributed by atoms with Gasteiger partial charge in [0.2, 0.25) is 5.91 Å². The number of carbonyl (C=O) groups excluding carboxylic acids is 1. The minimum absolute atomic E-state index is 0.110. The van der Waals surface area contributed by atoms with Crippen LogP contribution in [0.2, 0.25) is 0 Å². The van der Waals surface area contributed by atoms with Gasteiger partial charge in [0, 0.05) is 6.42 Å². The number of furan rings is 1. The predicted molar refractivity (Wildman–Crippen MR) is 69.6 cm³/mol. The maximum absolute atomic E-state index is 11.6. The molecule has 2 aromatic rings. The Morgan fingerprint density at radius 1 is 1.32 bits per heavy atom. The van der Waals surface area contributed by atoms with Crippen LogP contribution in [0.1, 0.15) is 31.8 Å². The van der Waals surface area contributed by atoms with Crippen molar-refractivity contribution in [3.8, 4) is 11.5 Å². The summed E-state index contributed by atoms with van der Waals surface area (Å²) >= 11 is 0. The molecule has 0 aliphatic rings. The molecule has 0 saturated heterocycles. The summed E-state index contributed by atoms with van der Waals surface area (Å²) in [7, 11) is 0. The van der Waals surface area contributed by atoms with Gasteiger partial charge in [0.25, 0.3) is 5.89 Å². The lowest BCUT2D eigenvalue weighted by molar-refractivity contribution is -0.117. The summed E-state index contributed by atoms with van der Waals surface area (Å²) < 4.78 is 10.8. The Kier molecular flexibility index (Phi) is 3.69. The molecular formula is C13H17N3O3. The quantitative estimate of drug-likeness (QED) is 0.917. The van der Waals surface area contributed by atoms with Gasteiger partial charge < -0.3 is 8.83 Å². The van der Waals surface area contributed by atoms with Crippen LogP contribution in [0.4, 0.5) is 6.01 Å². The zero-order chi connectivity index (χ0) is 14.0. The summed E-state index contributed by atoms with van der Waals surface area (Å²) in [6, 6.07) is 1.93. The van der Waals surface area contributed by atoms with Crippen molar-refractivity contribution in [2.45, 2.75) is 34.1 Å². The Morgan fingerprint density at radius 2 is 2.05 bits per heavy atom. The lowest BCUT2D eigenvalue weighted by Crippen LogP contribution is -2.13. The zero-order valence-corrected chi connectivity index (χ0v) is 11.5. The van der Waals surface area contributed by atoms with Gasteiger partial charge >= 0.3 is 6.01 Å². The van der Waals surface area contributed by atoms with Gasteiger partial charge in [-0.15, -0.1) is 5.10 Å². The van der Waals surface area contributed by atoms with Crippen molar-refractivity contribution in [3.63, 3.8) is 0 Å². The van der Waals surface area contributed by atoms with Gasteiger partial charge in [-0.05, 0) is 25.8 Å². The molecule has 102 valence electrons. The molecule has 0 atom stereocenters. The first-order chi connectivity index (χ1) is 8.95. The number of amides is 1. The topological polar surface area (TPSA) is 81.2 Å². The SMILES string of the molecule is Cc1cc(-c2nnc(NC(=O)CC(C)C)o2)c(C)o1. The summed E-state index contributed by atoms with van der Waals surface area (Å²) in [6.45, 7) is 7.61. The third kappa shape index (κ3) is 3.21. The molecule has 0 radical (unpaired) electrons. The van der Waals surface area contributed by atoms with Crippen molar-refractivity contribution in [2.75, 3.05) is 5.32 Å². The number of rotatable bonds is 4. The van der Waals surface area contributed by atoms with Crippen LogP contribution in [-0.4, -0.2) is 16.1 Å². The van der Waals surface area contributed by atoms with Gasteiger partial charge in [0.1, 0.15) is 11.5 Å². The minimum Gasteiger partial charge on any atom is -0.466 e. The predicted octanol–water partition coefficient (Wildman–Crippen LogP) is 2.93. The smallest absolute Gasteiger partial charge is 0.322 e. The highest BCUT2D eigenvalue weighted by molar-refractivity contribution is 5.88. The van der Waals surface area contributed by atoms with E-state index in [-0.39, 0.29) is 17.8 Å². The summed E-state index contributed by atoms with van der Waals surface area (Å²) in [5, 5.41) is 10.3. The molecule has 0 aliphatic heterocycles. The van der Waals surface area contributed by atoms with Gasteiger partial charge in [-0.1, -0.05) is 18.9 Å². The molecule has 1 N–H and O–H groups in total. The van der Waals surface area contributed by atoms with Crippen LogP contribution in [0.25, 0.3) is 11.5 Å². The van der Waals surface area contributed by atoms with Crippen molar-refractivity contribution < 1.29 is 13.6 Å². The molecule has 0 saturated carbocycles. The van der Waals surface area contributed by atoms with E-state index >= 15 is 0 Å². The molecule has 2 aromatic heterocycles. The number of nitrogens with zero attached hydrogens (tertiary/aromatic N) is 2. The highest BCUT2D eigenvalue weighted by Gasteiger charge is 2.16. The monoisotopic (exact) mass is 263 g/mol. The fraction of sp³-hybridized carbons (Fsp3) is 0.462. The number of aryl methyl sites for hydroxylation is 2. The van der Waals surface area contributed by atoms with E-state index in [0.717, 1.165) is 11.3 Å². The summed E-state index contributed by atoms with van der Waals surface area (Å²) in [5.74, 6) is 1.97. The Labute approximate surface area is 111 Å². The second-order valence-corrected chi connectivity index (χ2v) is 4.89. The lowest BCUT2D eigenvalue weighted by atomic mass is 10.1. The first kappa shape index (κ1) is 13.3. The van der Waals surface area contributed by atoms with Crippen LogP contribution in [0.3, 0.4) is 0 Å². The molecule has 6 nitrogen and oxygen atoms in total. The van der Waals surface area contributed by atoms with Crippen molar-refractivity contribution in [3.05, 3.63) is 17.6 Å². The van der Waals surface area contributed by atoms with Gasteiger partial charge in [-0.3, -0.25) is 10.1 Å². The second kappa shape index (κ2) is 5.26. The molecule has 0 bridgehead atoms. The molecule has 0 aliphatic carbocycles. The highest BCUT2D eigenvalue weighted by Crippen LogP contribution is 2.26. The Balaban J connectivity index is 2.11. The van der Waals surface area contributed by atoms with Crippen LogP contribution < -0.4 is 5.32 Å². The van der Waals surface area contributed by atoms with Crippen LogP contribution in [-0.2, 0) is 4.79 Å². The fourth-order valence-corrected chi connectivity index (χ4v) is 1.77. The van der Waals surface area contributed by atoms with E-state index in [0.29, 0.717) is 18.1 Å². The number of anilines is 1. The van der Waals surface area contributed by atoms with Crippen molar-refractivity contribution in [2.24, 2.45) is 5.92 Å². The van der Waals surface area contributed by atoms with E-state index in [1.165, 1.54) is 0 Å². The van der Waals surface area contributed by atoms with Crippen molar-refractivity contribution >= 4 is 11.9 Å². The van der Waals surface area contributed by atoms with Crippen LogP contribution in [0, 0.1) is 19.8 Å². The molecule has 0 spiro atoms. The molecule has 2 heterocycles. The molecule has 1 amide bonds. The number of aromatic nitrogens is 2. The van der Waals surface area contributed by atoms with Gasteiger partial charge in [-0.25, -0.2) is 0 Å². The van der Waals surface area contributed by atoms with Gasteiger partial charge in [0.15, 0.2) is 0 Å². The number of hydrogen-bond acceptors (Lipinski definition) is 5. The first-order valence-electron chi connectivity index (χ1n) is 6.16. The molecule has 0 unspecified atom stereocenters. The third-order valence-corrected chi connectivity index (χ3v) is 2.54. The van der Waals surface area contributed by atoms with Gasteiger partial charge in [-0.2, -0.15) is 0 Å². The average Bonchev–Trinajstić information content (AvgIpc) is 2.84. The van der Waals surface area contributed by atoms with E-state index in [1.807, 2.05) is 33.8 Å². The molecule has 19 heavy (non-hydrogen) atoms. The van der Waals surface area contributed by atoms with Crippen LogP contribution in [0.15, 0.2) is 14.9 Å². The highest BCUT2D eigenvalue weighted by atomic mass is 16.4. The Morgan fingerprint density at radius 3 is 2.63 bits per heavy atom. The second-order valence-electron chi connectivity index (χ2n) is 4.89. The number of hydrogen-bond donors (Lipinski definition) is 1. The third-order valence-electron chi connectivity index (χ3n) is 2.54. The summed E-state index contributed by atoms with van der Waals surface area (Å²) in [4.78, 5) is 11.6. The average molecular weight is 263 g/mol. The van der Waals surface area contributed by atoms with E-state index in [2.05, 4.69) is 15.5 Å². The zero-order valence-electron chi connectivity index (χ0n) is 11.5. The van der Waals surface area contributed by atoms with E-state index in [1.54, 1.807) is 0 Å². The molecule has 2 rings (SSSR count). The fourth-order valence-electron chi connectivity index (χ4n) is 1.77. The van der Waals surface area contributed by atoms with E-state index in [4.69, 9.17) is 8.83 Å². The van der Waals surface area contributed by atoms with Crippen molar-refractivity contribution in [1.82, 2.24) is 10.2 Å². The van der Waals surface area contributed by atoms with Crippen molar-refractivity contribution in [1.29, 1.82) is 0 Å². The lowest BCUT2D eigenvalue weighted by Gasteiger charge is -2.02. The molecule has 6 heteroatoms. The molecular weight excluding hydrogens is 246 g/mol. The van der Waals surface area contributed by atoms with Crippen LogP contribution >= 0.6 is 0 Å². The molecule has 0 fully saturated rings. The Bertz CT molecular complexity index is 584. The summed E-state index contributed by atoms with van der Waals surface area (Å²) in [5.41, 5.74) is 0.745. The number of nitrogens with one attached hydrogen (secondary N) is 1. The molecule has 0 aromatic carbocycles. The summed E-state index contributed by atoms with van der Waals surface area (Å²) in [6.07, 6.45) is 0.418. The van der Waals surface area contributed by atoms with E-state index in [9.17, 15) is 4.79 Å². The van der Waals surface area contributed by atoms with Crippen LogP contribution in [0.5, 0.6) is 0 Å². The normalized spacial score (nSPS) is 11.0. The number of carbonyl (C=O) groups is 1. The maximum atomic E-state index is 11.6. The maximum Gasteiger partial charge on any atom is 0.322 e. The standard InChI is InChI=1S/C13H17N3O3/c1-7(2)5-11(17)14-13-16-15-12(19-13)10-6-8(3)18-9(10)4/h6-7H,5H2,1-4H3,(H,14,16,17). The Hall–Kier alpha value is -2.11. The van der Waals surface area contributed by atoms with E-state index < -0.39 is 0 Å². The minimum atomic E-state index is -0.134. The largest absolute Gasteiger partial charge is 0.466 e.